The van der Waals surface area contributed by atoms with Gasteiger partial charge in [0.05, 0.1) is 32.1 Å². The van der Waals surface area contributed by atoms with Crippen molar-refractivity contribution in [2.24, 2.45) is 0 Å². The number of methoxy groups -OCH3 is 2. The Balaban J connectivity index is 1.96. The number of hydrogen-bond donors (Lipinski definition) is 1. The molecular weight excluding hydrogens is 390 g/mol. The van der Waals surface area contributed by atoms with Crippen molar-refractivity contribution in [1.82, 2.24) is 0 Å². The van der Waals surface area contributed by atoms with Gasteiger partial charge >= 0.3 is 11.9 Å². The average Bonchev–Trinajstić information content (AvgIpc) is 2.76. The average molecular weight is 413 g/mol. The molecule has 0 saturated carbocycles. The van der Waals surface area contributed by atoms with Crippen molar-refractivity contribution in [2.45, 2.75) is 6.92 Å². The summed E-state index contributed by atoms with van der Waals surface area (Å²) in [5.41, 5.74) is 1.10. The highest BCUT2D eigenvalue weighted by Gasteiger charge is 2.14. The zero-order valence-corrected chi connectivity index (χ0v) is 17.0. The first-order valence-electron chi connectivity index (χ1n) is 9.12. The Labute approximate surface area is 174 Å². The Morgan fingerprint density at radius 1 is 0.967 bits per heavy atom. The van der Waals surface area contributed by atoms with Crippen molar-refractivity contribution in [3.8, 4) is 11.5 Å². The number of hydrogen-bond acceptors (Lipinski definition) is 7. The zero-order chi connectivity index (χ0) is 21.9. The largest absolute Gasteiger partial charge is 0.493 e. The van der Waals surface area contributed by atoms with Gasteiger partial charge in [0.1, 0.15) is 0 Å². The number of ether oxygens (including phenoxy) is 4. The lowest BCUT2D eigenvalue weighted by Crippen LogP contribution is -2.21. The van der Waals surface area contributed by atoms with Crippen LogP contribution >= 0.6 is 0 Å². The topological polar surface area (TPSA) is 100 Å². The molecular formula is C22H23NO7. The van der Waals surface area contributed by atoms with Crippen LogP contribution in [0.4, 0.5) is 5.69 Å². The van der Waals surface area contributed by atoms with E-state index >= 15 is 0 Å². The number of para-hydroxylation sites is 2. The van der Waals surface area contributed by atoms with Crippen molar-refractivity contribution >= 4 is 29.6 Å². The van der Waals surface area contributed by atoms with Crippen LogP contribution in [0, 0.1) is 0 Å². The van der Waals surface area contributed by atoms with Gasteiger partial charge in [-0.15, -0.1) is 0 Å². The highest BCUT2D eigenvalue weighted by Crippen LogP contribution is 2.31. The highest BCUT2D eigenvalue weighted by atomic mass is 16.5. The van der Waals surface area contributed by atoms with Gasteiger partial charge in [0.25, 0.3) is 5.91 Å². The summed E-state index contributed by atoms with van der Waals surface area (Å²) in [6.45, 7) is 1.38. The molecule has 0 saturated heterocycles. The summed E-state index contributed by atoms with van der Waals surface area (Å²) >= 11 is 0. The Bertz CT molecular complexity index is 937. The van der Waals surface area contributed by atoms with Crippen LogP contribution in [0.2, 0.25) is 0 Å². The van der Waals surface area contributed by atoms with Crippen molar-refractivity contribution in [3.05, 3.63) is 59.7 Å². The summed E-state index contributed by atoms with van der Waals surface area (Å²) in [5, 5.41) is 2.53. The van der Waals surface area contributed by atoms with E-state index < -0.39 is 24.5 Å². The number of rotatable bonds is 9. The SMILES string of the molecule is CCOC(=O)c1ccccc1NC(=O)COC(=O)/C=C/c1cccc(OC)c1OC. The summed E-state index contributed by atoms with van der Waals surface area (Å²) in [7, 11) is 3.00. The van der Waals surface area contributed by atoms with Gasteiger partial charge in [-0.1, -0.05) is 24.3 Å². The molecule has 0 aromatic heterocycles. The Morgan fingerprint density at radius 3 is 2.43 bits per heavy atom. The molecule has 0 aliphatic rings. The maximum atomic E-state index is 12.1. The van der Waals surface area contributed by atoms with Crippen LogP contribution in [-0.2, 0) is 19.1 Å². The maximum absolute atomic E-state index is 12.1. The third-order valence-corrected chi connectivity index (χ3v) is 3.87. The second-order valence-electron chi connectivity index (χ2n) is 5.84. The van der Waals surface area contributed by atoms with Gasteiger partial charge in [-0.3, -0.25) is 4.79 Å². The standard InChI is InChI=1S/C22H23NO7/c1-4-29-22(26)16-9-5-6-10-17(16)23-19(24)14-30-20(25)13-12-15-8-7-11-18(27-2)21(15)28-3/h5-13H,4,14H2,1-3H3,(H,23,24)/b13-12+. The Morgan fingerprint density at radius 2 is 1.73 bits per heavy atom. The molecule has 0 fully saturated rings. The zero-order valence-electron chi connectivity index (χ0n) is 17.0. The second-order valence-corrected chi connectivity index (χ2v) is 5.84. The van der Waals surface area contributed by atoms with E-state index in [0.717, 1.165) is 0 Å². The molecule has 0 spiro atoms. The molecule has 0 unspecified atom stereocenters. The number of esters is 2. The Kier molecular flexibility index (Phi) is 8.43. The van der Waals surface area contributed by atoms with E-state index in [1.165, 1.54) is 32.4 Å². The molecule has 0 aliphatic carbocycles. The van der Waals surface area contributed by atoms with E-state index in [0.29, 0.717) is 17.1 Å². The predicted octanol–water partition coefficient (Wildman–Crippen LogP) is 3.08. The van der Waals surface area contributed by atoms with E-state index in [4.69, 9.17) is 18.9 Å². The maximum Gasteiger partial charge on any atom is 0.340 e. The first-order valence-corrected chi connectivity index (χ1v) is 9.12. The van der Waals surface area contributed by atoms with Gasteiger partial charge in [-0.2, -0.15) is 0 Å². The first kappa shape index (κ1) is 22.5. The van der Waals surface area contributed by atoms with Crippen molar-refractivity contribution in [2.75, 3.05) is 32.8 Å². The summed E-state index contributed by atoms with van der Waals surface area (Å²) in [6.07, 6.45) is 2.68. The minimum atomic E-state index is -0.714. The molecule has 0 heterocycles. The lowest BCUT2D eigenvalue weighted by atomic mass is 10.1. The predicted molar refractivity (Wildman–Crippen MR) is 111 cm³/mol. The summed E-state index contributed by atoms with van der Waals surface area (Å²) < 4.78 is 20.4. The number of anilines is 1. The Hall–Kier alpha value is -3.81. The summed E-state index contributed by atoms with van der Waals surface area (Å²) in [6, 6.07) is 11.6. The van der Waals surface area contributed by atoms with Gasteiger partial charge in [-0.05, 0) is 31.2 Å². The first-order chi connectivity index (χ1) is 14.5. The van der Waals surface area contributed by atoms with Gasteiger partial charge in [-0.25, -0.2) is 9.59 Å². The molecule has 2 rings (SSSR count). The van der Waals surface area contributed by atoms with Crippen LogP contribution in [0.5, 0.6) is 11.5 Å². The highest BCUT2D eigenvalue weighted by molar-refractivity contribution is 6.02. The molecule has 8 heteroatoms. The summed E-state index contributed by atoms with van der Waals surface area (Å²) in [4.78, 5) is 36.0. The van der Waals surface area contributed by atoms with E-state index in [9.17, 15) is 14.4 Å². The smallest absolute Gasteiger partial charge is 0.340 e. The fraction of sp³-hybridized carbons (Fsp3) is 0.227. The summed E-state index contributed by atoms with van der Waals surface area (Å²) in [5.74, 6) is -0.869. The lowest BCUT2D eigenvalue weighted by molar-refractivity contribution is -0.142. The van der Waals surface area contributed by atoms with Crippen molar-refractivity contribution in [3.63, 3.8) is 0 Å². The van der Waals surface area contributed by atoms with Crippen LogP contribution < -0.4 is 14.8 Å². The molecule has 0 aliphatic heterocycles. The molecule has 0 bridgehead atoms. The number of carbonyl (C=O) groups excluding carboxylic acids is 3. The van der Waals surface area contributed by atoms with E-state index in [2.05, 4.69) is 5.32 Å². The molecule has 1 N–H and O–H groups in total. The molecule has 158 valence electrons. The third-order valence-electron chi connectivity index (χ3n) is 3.87. The molecule has 1 amide bonds. The van der Waals surface area contributed by atoms with Crippen LogP contribution in [0.3, 0.4) is 0 Å². The number of amides is 1. The van der Waals surface area contributed by atoms with Gasteiger partial charge in [0.15, 0.2) is 18.1 Å². The second kappa shape index (κ2) is 11.3. The van der Waals surface area contributed by atoms with E-state index in [-0.39, 0.29) is 17.9 Å². The van der Waals surface area contributed by atoms with Crippen molar-refractivity contribution in [1.29, 1.82) is 0 Å². The molecule has 30 heavy (non-hydrogen) atoms. The van der Waals surface area contributed by atoms with Crippen LogP contribution in [0.25, 0.3) is 6.08 Å². The monoisotopic (exact) mass is 413 g/mol. The minimum Gasteiger partial charge on any atom is -0.493 e. The van der Waals surface area contributed by atoms with Crippen molar-refractivity contribution < 1.29 is 33.3 Å². The lowest BCUT2D eigenvalue weighted by Gasteiger charge is -2.10. The van der Waals surface area contributed by atoms with Gasteiger partial charge in [0.2, 0.25) is 0 Å². The molecule has 0 atom stereocenters. The van der Waals surface area contributed by atoms with E-state index in [1.807, 2.05) is 0 Å². The molecule has 0 radical (unpaired) electrons. The number of carbonyl (C=O) groups is 3. The quantitative estimate of drug-likeness (QED) is 0.498. The van der Waals surface area contributed by atoms with E-state index in [1.54, 1.807) is 43.3 Å². The van der Waals surface area contributed by atoms with Crippen LogP contribution in [0.15, 0.2) is 48.5 Å². The molecule has 2 aromatic rings. The normalized spacial score (nSPS) is 10.4. The van der Waals surface area contributed by atoms with Gasteiger partial charge in [0, 0.05) is 11.6 Å². The van der Waals surface area contributed by atoms with Crippen LogP contribution in [-0.4, -0.2) is 45.3 Å². The minimum absolute atomic E-state index is 0.211. The van der Waals surface area contributed by atoms with Gasteiger partial charge < -0.3 is 24.3 Å². The third kappa shape index (κ3) is 6.10. The number of benzene rings is 2. The molecule has 8 nitrogen and oxygen atoms in total. The number of nitrogens with one attached hydrogen (secondary N) is 1. The fourth-order valence-corrected chi connectivity index (χ4v) is 2.55. The van der Waals surface area contributed by atoms with Crippen LogP contribution in [0.1, 0.15) is 22.8 Å². The molecule has 2 aromatic carbocycles. The fourth-order valence-electron chi connectivity index (χ4n) is 2.55.